The van der Waals surface area contributed by atoms with Crippen LogP contribution in [0.25, 0.3) is 0 Å². The molecule has 1 fully saturated rings. The molecule has 1 aliphatic rings. The van der Waals surface area contributed by atoms with E-state index in [0.717, 1.165) is 12.1 Å². The summed E-state index contributed by atoms with van der Waals surface area (Å²) in [6.45, 7) is 7.78. The molecule has 112 valence electrons. The lowest BCUT2D eigenvalue weighted by molar-refractivity contribution is -0.0593. The van der Waals surface area contributed by atoms with Crippen LogP contribution in [-0.4, -0.2) is 20.5 Å². The smallest absolute Gasteiger partial charge is 0.240 e. The molecule has 0 bridgehead atoms. The zero-order valence-corrected chi connectivity index (χ0v) is 13.0. The fourth-order valence-electron chi connectivity index (χ4n) is 3.32. The molecule has 0 radical (unpaired) electrons. The predicted octanol–water partition coefficient (Wildman–Crippen LogP) is 1.87. The molecule has 0 amide bonds. The molecule has 1 saturated carbocycles. The third-order valence-electron chi connectivity index (χ3n) is 4.49. The van der Waals surface area contributed by atoms with E-state index in [4.69, 9.17) is 5.73 Å². The number of hydrogen-bond acceptors (Lipinski definition) is 3. The fourth-order valence-corrected chi connectivity index (χ4v) is 4.87. The van der Waals surface area contributed by atoms with Crippen LogP contribution in [-0.2, 0) is 10.0 Å². The van der Waals surface area contributed by atoms with E-state index in [9.17, 15) is 12.8 Å². The second kappa shape index (κ2) is 4.51. The summed E-state index contributed by atoms with van der Waals surface area (Å²) in [5, 5.41) is 0. The first kappa shape index (κ1) is 15.4. The van der Waals surface area contributed by atoms with E-state index in [1.54, 1.807) is 0 Å². The van der Waals surface area contributed by atoms with E-state index in [-0.39, 0.29) is 27.8 Å². The zero-order chi connectivity index (χ0) is 15.3. The van der Waals surface area contributed by atoms with Crippen molar-refractivity contribution in [1.29, 1.82) is 0 Å². The molecule has 0 atom stereocenters. The van der Waals surface area contributed by atoms with Gasteiger partial charge in [-0.05, 0) is 35.1 Å². The minimum Gasteiger partial charge on any atom is -0.327 e. The number of benzene rings is 1. The lowest BCUT2D eigenvalue weighted by Gasteiger charge is -2.62. The van der Waals surface area contributed by atoms with Gasteiger partial charge in [0.1, 0.15) is 5.82 Å². The van der Waals surface area contributed by atoms with Gasteiger partial charge in [0.15, 0.2) is 0 Å². The molecule has 1 aliphatic carbocycles. The maximum Gasteiger partial charge on any atom is 0.240 e. The van der Waals surface area contributed by atoms with Crippen molar-refractivity contribution in [1.82, 2.24) is 4.72 Å². The van der Waals surface area contributed by atoms with E-state index in [1.807, 2.05) is 27.7 Å². The standard InChI is InChI=1S/C14H21FN2O2S/c1-13(2)11(16)14(3,4)12(13)17-20(18,19)10-7-5-9(15)6-8-10/h5-8,11-12,17H,16H2,1-4H3. The summed E-state index contributed by atoms with van der Waals surface area (Å²) in [4.78, 5) is 0.0611. The lowest BCUT2D eigenvalue weighted by atomic mass is 9.49. The maximum absolute atomic E-state index is 12.9. The van der Waals surface area contributed by atoms with E-state index in [2.05, 4.69) is 4.72 Å². The molecule has 20 heavy (non-hydrogen) atoms. The minimum atomic E-state index is -3.67. The predicted molar refractivity (Wildman–Crippen MR) is 76.0 cm³/mol. The SMILES string of the molecule is CC1(C)C(N)C(C)(C)C1NS(=O)(=O)c1ccc(F)cc1. The Kier molecular flexibility index (Phi) is 3.48. The van der Waals surface area contributed by atoms with Gasteiger partial charge in [-0.15, -0.1) is 0 Å². The number of hydrogen-bond donors (Lipinski definition) is 2. The van der Waals surface area contributed by atoms with Crippen LogP contribution in [0.5, 0.6) is 0 Å². The second-order valence-electron chi connectivity index (χ2n) is 6.63. The van der Waals surface area contributed by atoms with Crippen molar-refractivity contribution in [3.8, 4) is 0 Å². The molecule has 0 saturated heterocycles. The van der Waals surface area contributed by atoms with Gasteiger partial charge in [-0.1, -0.05) is 27.7 Å². The summed E-state index contributed by atoms with van der Waals surface area (Å²) < 4.78 is 40.3. The van der Waals surface area contributed by atoms with Gasteiger partial charge in [-0.2, -0.15) is 0 Å². The van der Waals surface area contributed by atoms with Crippen LogP contribution in [0, 0.1) is 16.6 Å². The van der Waals surface area contributed by atoms with Gasteiger partial charge in [0.25, 0.3) is 0 Å². The van der Waals surface area contributed by atoms with Crippen LogP contribution in [0.1, 0.15) is 27.7 Å². The second-order valence-corrected chi connectivity index (χ2v) is 8.34. The largest absolute Gasteiger partial charge is 0.327 e. The minimum absolute atomic E-state index is 0.0611. The molecule has 0 aliphatic heterocycles. The number of halogens is 1. The average Bonchev–Trinajstić information content (AvgIpc) is 2.35. The summed E-state index contributed by atoms with van der Waals surface area (Å²) in [6.07, 6.45) is 0. The fraction of sp³-hybridized carbons (Fsp3) is 0.571. The molecular weight excluding hydrogens is 279 g/mol. The summed E-state index contributed by atoms with van der Waals surface area (Å²) in [5.74, 6) is -0.463. The van der Waals surface area contributed by atoms with Crippen molar-refractivity contribution in [2.24, 2.45) is 16.6 Å². The molecule has 0 heterocycles. The molecular formula is C14H21FN2O2S. The van der Waals surface area contributed by atoms with Crippen molar-refractivity contribution in [3.63, 3.8) is 0 Å². The normalized spacial score (nSPS) is 27.9. The van der Waals surface area contributed by atoms with Crippen LogP contribution >= 0.6 is 0 Å². The summed E-state index contributed by atoms with van der Waals surface area (Å²) in [7, 11) is -3.67. The number of rotatable bonds is 3. The van der Waals surface area contributed by atoms with Crippen molar-refractivity contribution < 1.29 is 12.8 Å². The summed E-state index contributed by atoms with van der Waals surface area (Å²) in [6, 6.07) is 4.44. The van der Waals surface area contributed by atoms with E-state index in [0.29, 0.717) is 0 Å². The summed E-state index contributed by atoms with van der Waals surface area (Å²) in [5.41, 5.74) is 5.47. The van der Waals surface area contributed by atoms with Gasteiger partial charge in [-0.25, -0.2) is 17.5 Å². The van der Waals surface area contributed by atoms with Crippen LogP contribution in [0.15, 0.2) is 29.2 Å². The Hall–Kier alpha value is -0.980. The number of nitrogens with two attached hydrogens (primary N) is 1. The van der Waals surface area contributed by atoms with Gasteiger partial charge in [0.05, 0.1) is 4.90 Å². The molecule has 6 heteroatoms. The Morgan fingerprint density at radius 3 is 2.00 bits per heavy atom. The first-order chi connectivity index (χ1) is 8.99. The van der Waals surface area contributed by atoms with Crippen molar-refractivity contribution in [3.05, 3.63) is 30.1 Å². The van der Waals surface area contributed by atoms with Gasteiger partial charge in [0, 0.05) is 12.1 Å². The highest BCUT2D eigenvalue weighted by molar-refractivity contribution is 7.89. The van der Waals surface area contributed by atoms with Gasteiger partial charge in [0.2, 0.25) is 10.0 Å². The topological polar surface area (TPSA) is 72.2 Å². The average molecular weight is 300 g/mol. The first-order valence-corrected chi connectivity index (χ1v) is 8.01. The van der Waals surface area contributed by atoms with E-state index >= 15 is 0 Å². The third kappa shape index (κ3) is 2.25. The molecule has 0 aromatic heterocycles. The van der Waals surface area contributed by atoms with E-state index < -0.39 is 15.8 Å². The molecule has 0 spiro atoms. The highest BCUT2D eigenvalue weighted by Crippen LogP contribution is 2.52. The van der Waals surface area contributed by atoms with Crippen molar-refractivity contribution in [2.45, 2.75) is 44.7 Å². The quantitative estimate of drug-likeness (QED) is 0.895. The van der Waals surface area contributed by atoms with Crippen LogP contribution < -0.4 is 10.5 Å². The van der Waals surface area contributed by atoms with E-state index in [1.165, 1.54) is 12.1 Å². The zero-order valence-electron chi connectivity index (χ0n) is 12.1. The van der Waals surface area contributed by atoms with Crippen LogP contribution in [0.3, 0.4) is 0 Å². The molecule has 3 N–H and O–H groups in total. The molecule has 0 unspecified atom stereocenters. The van der Waals surface area contributed by atoms with Gasteiger partial charge in [-0.3, -0.25) is 0 Å². The Balaban J connectivity index is 2.27. The highest BCUT2D eigenvalue weighted by Gasteiger charge is 2.61. The highest BCUT2D eigenvalue weighted by atomic mass is 32.2. The maximum atomic E-state index is 12.9. The van der Waals surface area contributed by atoms with Gasteiger partial charge >= 0.3 is 0 Å². The number of nitrogens with one attached hydrogen (secondary N) is 1. The van der Waals surface area contributed by atoms with Crippen molar-refractivity contribution >= 4 is 10.0 Å². The van der Waals surface area contributed by atoms with Crippen LogP contribution in [0.4, 0.5) is 4.39 Å². The molecule has 2 rings (SSSR count). The van der Waals surface area contributed by atoms with Gasteiger partial charge < -0.3 is 5.73 Å². The monoisotopic (exact) mass is 300 g/mol. The van der Waals surface area contributed by atoms with Crippen molar-refractivity contribution in [2.75, 3.05) is 0 Å². The first-order valence-electron chi connectivity index (χ1n) is 6.53. The van der Waals surface area contributed by atoms with Crippen LogP contribution in [0.2, 0.25) is 0 Å². The molecule has 4 nitrogen and oxygen atoms in total. The summed E-state index contributed by atoms with van der Waals surface area (Å²) >= 11 is 0. The Morgan fingerprint density at radius 2 is 1.55 bits per heavy atom. The third-order valence-corrected chi connectivity index (χ3v) is 5.93. The molecule has 1 aromatic rings. The lowest BCUT2D eigenvalue weighted by Crippen LogP contribution is -2.75. The number of sulfonamides is 1. The molecule has 1 aromatic carbocycles. The Morgan fingerprint density at radius 1 is 1.10 bits per heavy atom. The Bertz CT molecular complexity index is 593. The Labute approximate surface area is 119 Å².